The fourth-order valence-electron chi connectivity index (χ4n) is 3.27. The second kappa shape index (κ2) is 8.92. The van der Waals surface area contributed by atoms with Crippen molar-refractivity contribution in [3.63, 3.8) is 0 Å². The topological polar surface area (TPSA) is 18.5 Å². The van der Waals surface area contributed by atoms with Gasteiger partial charge in [-0.3, -0.25) is 0 Å². The molecule has 1 fully saturated rings. The molecule has 0 aromatic carbocycles. The van der Waals surface area contributed by atoms with Gasteiger partial charge in [0.2, 0.25) is 0 Å². The number of hydrogen-bond donors (Lipinski definition) is 0. The molecule has 0 spiro atoms. The summed E-state index contributed by atoms with van der Waals surface area (Å²) in [7, 11) is -7.40. The maximum atomic E-state index is 6.77. The van der Waals surface area contributed by atoms with E-state index in [1.807, 2.05) is 34.2 Å². The average molecular weight is 377 g/mol. The van der Waals surface area contributed by atoms with Gasteiger partial charge in [0.15, 0.2) is 0 Å². The first-order valence-electron chi connectivity index (χ1n) is 8.60. The van der Waals surface area contributed by atoms with Crippen molar-refractivity contribution in [3.05, 3.63) is 73.7 Å². The molecule has 0 bridgehead atoms. The average Bonchev–Trinajstić information content (AvgIpc) is 2.65. The molecule has 0 aromatic heterocycles. The SMILES string of the molecule is C=C[Si](C=C)(C=C)O[Si](C)(O[Si](C=C)(C=C)C=C)C1CCCCC1. The van der Waals surface area contributed by atoms with Gasteiger partial charge in [-0.1, -0.05) is 53.5 Å². The number of rotatable bonds is 11. The van der Waals surface area contributed by atoms with E-state index in [0.717, 1.165) is 12.8 Å². The van der Waals surface area contributed by atoms with Crippen LogP contribution in [0.5, 0.6) is 0 Å². The van der Waals surface area contributed by atoms with Crippen molar-refractivity contribution in [1.29, 1.82) is 0 Å². The summed E-state index contributed by atoms with van der Waals surface area (Å²) < 4.78 is 13.5. The molecule has 0 radical (unpaired) electrons. The van der Waals surface area contributed by atoms with Crippen LogP contribution < -0.4 is 0 Å². The Morgan fingerprint density at radius 2 is 1.00 bits per heavy atom. The van der Waals surface area contributed by atoms with Gasteiger partial charge in [0, 0.05) is 5.54 Å². The van der Waals surface area contributed by atoms with Crippen molar-refractivity contribution in [1.82, 2.24) is 0 Å². The third-order valence-corrected chi connectivity index (χ3v) is 17.0. The zero-order valence-electron chi connectivity index (χ0n) is 15.1. The molecule has 1 saturated carbocycles. The van der Waals surface area contributed by atoms with Crippen molar-refractivity contribution in [2.75, 3.05) is 0 Å². The summed E-state index contributed by atoms with van der Waals surface area (Å²) in [5, 5.41) is 0. The summed E-state index contributed by atoms with van der Waals surface area (Å²) >= 11 is 0. The standard InChI is InChI=1S/C19H32O2Si3/c1-8-23(9-2,10-3)20-22(7,19-17-15-14-16-18-19)21-24(11-4,12-5)13-6/h8-13,19H,1-6,14-18H2,7H3. The summed E-state index contributed by atoms with van der Waals surface area (Å²) in [5.41, 5.74) is 11.7. The van der Waals surface area contributed by atoms with Crippen molar-refractivity contribution < 1.29 is 8.23 Å². The summed E-state index contributed by atoms with van der Waals surface area (Å²) in [4.78, 5) is 0. The van der Waals surface area contributed by atoms with Gasteiger partial charge in [0.05, 0.1) is 0 Å². The fourth-order valence-corrected chi connectivity index (χ4v) is 15.2. The van der Waals surface area contributed by atoms with Crippen LogP contribution in [0.4, 0.5) is 0 Å². The highest BCUT2D eigenvalue weighted by Crippen LogP contribution is 2.41. The van der Waals surface area contributed by atoms with Gasteiger partial charge in [0.25, 0.3) is 16.6 Å². The maximum Gasteiger partial charge on any atom is 0.318 e. The predicted molar refractivity (Wildman–Crippen MR) is 113 cm³/mol. The first-order chi connectivity index (χ1) is 11.4. The van der Waals surface area contributed by atoms with E-state index in [-0.39, 0.29) is 0 Å². The molecule has 24 heavy (non-hydrogen) atoms. The van der Waals surface area contributed by atoms with E-state index < -0.39 is 25.2 Å². The van der Waals surface area contributed by atoms with E-state index in [0.29, 0.717) is 5.54 Å². The molecule has 0 atom stereocenters. The lowest BCUT2D eigenvalue weighted by Gasteiger charge is -2.44. The van der Waals surface area contributed by atoms with Crippen molar-refractivity contribution in [2.24, 2.45) is 0 Å². The van der Waals surface area contributed by atoms with E-state index in [1.165, 1.54) is 19.3 Å². The Balaban J connectivity index is 3.29. The van der Waals surface area contributed by atoms with Crippen LogP contribution in [0.1, 0.15) is 32.1 Å². The van der Waals surface area contributed by atoms with E-state index in [9.17, 15) is 0 Å². The lowest BCUT2D eigenvalue weighted by Crippen LogP contribution is -2.58. The molecule has 2 nitrogen and oxygen atoms in total. The Bertz CT molecular complexity index is 429. The zero-order chi connectivity index (χ0) is 18.3. The van der Waals surface area contributed by atoms with Gasteiger partial charge >= 0.3 is 8.56 Å². The molecule has 1 aliphatic rings. The first-order valence-corrected chi connectivity index (χ1v) is 15.3. The second-order valence-electron chi connectivity index (χ2n) is 6.49. The molecule has 5 heteroatoms. The van der Waals surface area contributed by atoms with Crippen LogP contribution in [0.25, 0.3) is 0 Å². The van der Waals surface area contributed by atoms with Gasteiger partial charge in [0.1, 0.15) is 0 Å². The lowest BCUT2D eigenvalue weighted by atomic mass is 10.0. The molecule has 0 aromatic rings. The molecular weight excluding hydrogens is 344 g/mol. The van der Waals surface area contributed by atoms with Gasteiger partial charge < -0.3 is 8.23 Å². The third kappa shape index (κ3) is 4.55. The van der Waals surface area contributed by atoms with Gasteiger partial charge in [-0.05, 0) is 19.4 Å². The highest BCUT2D eigenvalue weighted by Gasteiger charge is 2.49. The molecule has 0 aliphatic heterocycles. The quantitative estimate of drug-likeness (QED) is 0.433. The normalized spacial score (nSPS) is 16.9. The maximum absolute atomic E-state index is 6.77. The minimum atomic E-state index is -2.55. The van der Waals surface area contributed by atoms with Gasteiger partial charge in [-0.25, -0.2) is 0 Å². The van der Waals surface area contributed by atoms with Crippen LogP contribution in [0.15, 0.2) is 73.7 Å². The molecule has 0 N–H and O–H groups in total. The Kier molecular flexibility index (Phi) is 7.82. The minimum Gasteiger partial charge on any atom is -0.426 e. The molecule has 0 saturated heterocycles. The summed E-state index contributed by atoms with van der Waals surface area (Å²) in [6, 6.07) is 0. The Morgan fingerprint density at radius 3 is 1.29 bits per heavy atom. The van der Waals surface area contributed by atoms with Crippen molar-refractivity contribution >= 4 is 25.2 Å². The zero-order valence-corrected chi connectivity index (χ0v) is 18.1. The van der Waals surface area contributed by atoms with Gasteiger partial charge in [-0.2, -0.15) is 0 Å². The minimum absolute atomic E-state index is 0.449. The third-order valence-electron chi connectivity index (χ3n) is 5.02. The Hall–Kier alpha value is -0.989. The molecule has 1 rings (SSSR count). The first kappa shape index (κ1) is 21.1. The molecule has 0 heterocycles. The second-order valence-corrected chi connectivity index (χ2v) is 16.8. The summed E-state index contributed by atoms with van der Waals surface area (Å²) in [6.45, 7) is 26.0. The predicted octanol–water partition coefficient (Wildman–Crippen LogP) is 5.67. The largest absolute Gasteiger partial charge is 0.426 e. The summed E-state index contributed by atoms with van der Waals surface area (Å²) in [5.74, 6) is 0. The van der Waals surface area contributed by atoms with E-state index in [2.05, 4.69) is 46.0 Å². The van der Waals surface area contributed by atoms with Crippen molar-refractivity contribution in [3.8, 4) is 0 Å². The van der Waals surface area contributed by atoms with E-state index >= 15 is 0 Å². The molecule has 0 unspecified atom stereocenters. The van der Waals surface area contributed by atoms with Crippen LogP contribution in [0.2, 0.25) is 12.1 Å². The number of hydrogen-bond acceptors (Lipinski definition) is 2. The molecular formula is C19H32O2Si3. The molecule has 0 amide bonds. The van der Waals surface area contributed by atoms with E-state index in [4.69, 9.17) is 8.23 Å². The smallest absolute Gasteiger partial charge is 0.318 e. The Morgan fingerprint density at radius 1 is 0.667 bits per heavy atom. The fraction of sp³-hybridized carbons (Fsp3) is 0.368. The van der Waals surface area contributed by atoms with Crippen molar-refractivity contribution in [2.45, 2.75) is 44.2 Å². The van der Waals surface area contributed by atoms with Crippen LogP contribution in [0.3, 0.4) is 0 Å². The molecule has 1 aliphatic carbocycles. The van der Waals surface area contributed by atoms with Gasteiger partial charge in [-0.15, -0.1) is 39.5 Å². The summed E-state index contributed by atoms with van der Waals surface area (Å²) in [6.07, 6.45) is 6.05. The van der Waals surface area contributed by atoms with Crippen LogP contribution in [-0.4, -0.2) is 25.2 Å². The lowest BCUT2D eigenvalue weighted by molar-refractivity contribution is 0.341. The monoisotopic (exact) mass is 376 g/mol. The highest BCUT2D eigenvalue weighted by atomic mass is 28.5. The highest BCUT2D eigenvalue weighted by molar-refractivity contribution is 6.98. The Labute approximate surface area is 151 Å². The molecule has 132 valence electrons. The van der Waals surface area contributed by atoms with Crippen LogP contribution >= 0.6 is 0 Å². The van der Waals surface area contributed by atoms with E-state index in [1.54, 1.807) is 0 Å². The van der Waals surface area contributed by atoms with Crippen LogP contribution in [0, 0.1) is 0 Å². The van der Waals surface area contributed by atoms with Crippen LogP contribution in [-0.2, 0) is 8.23 Å².